The zero-order valence-corrected chi connectivity index (χ0v) is 14.6. The van der Waals surface area contributed by atoms with Gasteiger partial charge in [0.2, 0.25) is 10.0 Å². The van der Waals surface area contributed by atoms with E-state index >= 15 is 0 Å². The number of carbonyl (C=O) groups is 1. The first-order valence-electron chi connectivity index (χ1n) is 7.67. The third kappa shape index (κ3) is 4.89. The Morgan fingerprint density at radius 1 is 1.16 bits per heavy atom. The number of nitrogens with zero attached hydrogens (tertiary/aromatic N) is 2. The Balaban J connectivity index is 2.38. The summed E-state index contributed by atoms with van der Waals surface area (Å²) in [7, 11) is -3.96. The van der Waals surface area contributed by atoms with Crippen molar-refractivity contribution in [2.24, 2.45) is 0 Å². The first kappa shape index (κ1) is 18.6. The number of benzene rings is 2. The van der Waals surface area contributed by atoms with Crippen molar-refractivity contribution >= 4 is 16.0 Å². The third-order valence-electron chi connectivity index (χ3n) is 3.41. The van der Waals surface area contributed by atoms with E-state index in [2.05, 4.69) is 0 Å². The molecule has 0 atom stereocenters. The predicted octanol–water partition coefficient (Wildman–Crippen LogP) is 2.31. The van der Waals surface area contributed by atoms with Gasteiger partial charge in [0, 0.05) is 6.54 Å². The van der Waals surface area contributed by atoms with E-state index in [1.807, 2.05) is 12.1 Å². The van der Waals surface area contributed by atoms with Crippen LogP contribution in [0.1, 0.15) is 18.1 Å². The Bertz CT molecular complexity index is 873. The number of nitriles is 1. The Morgan fingerprint density at radius 2 is 1.88 bits per heavy atom. The number of esters is 1. The summed E-state index contributed by atoms with van der Waals surface area (Å²) in [6, 6.07) is 16.6. The zero-order valence-electron chi connectivity index (χ0n) is 13.8. The fourth-order valence-corrected chi connectivity index (χ4v) is 3.66. The molecule has 6 nitrogen and oxygen atoms in total. The van der Waals surface area contributed by atoms with Gasteiger partial charge in [-0.1, -0.05) is 36.4 Å². The molecule has 0 saturated carbocycles. The number of ether oxygens (including phenoxy) is 1. The average Bonchev–Trinajstić information content (AvgIpc) is 2.62. The molecular formula is C18H18N2O4S. The van der Waals surface area contributed by atoms with Crippen LogP contribution in [0.4, 0.5) is 0 Å². The molecule has 0 aliphatic carbocycles. The molecule has 0 N–H and O–H groups in total. The van der Waals surface area contributed by atoms with Gasteiger partial charge in [0.25, 0.3) is 0 Å². The van der Waals surface area contributed by atoms with E-state index in [9.17, 15) is 13.2 Å². The molecule has 7 heteroatoms. The zero-order chi connectivity index (χ0) is 18.3. The first-order valence-corrected chi connectivity index (χ1v) is 9.11. The molecule has 0 saturated heterocycles. The Kier molecular flexibility index (Phi) is 6.28. The van der Waals surface area contributed by atoms with Crippen molar-refractivity contribution in [1.82, 2.24) is 4.31 Å². The number of sulfonamides is 1. The maximum Gasteiger partial charge on any atom is 0.321 e. The summed E-state index contributed by atoms with van der Waals surface area (Å²) in [4.78, 5) is 11.8. The number of hydrogen-bond acceptors (Lipinski definition) is 5. The SMILES string of the molecule is CCOC(=O)CN(Cc1ccccc1)S(=O)(=O)c1cccc(C#N)c1. The van der Waals surface area contributed by atoms with E-state index in [1.54, 1.807) is 31.2 Å². The van der Waals surface area contributed by atoms with Gasteiger partial charge in [-0.15, -0.1) is 0 Å². The quantitative estimate of drug-likeness (QED) is 0.709. The molecule has 130 valence electrons. The summed E-state index contributed by atoms with van der Waals surface area (Å²) in [5, 5.41) is 8.98. The molecule has 2 rings (SSSR count). The first-order chi connectivity index (χ1) is 12.0. The van der Waals surface area contributed by atoms with E-state index in [-0.39, 0.29) is 23.6 Å². The molecule has 0 spiro atoms. The van der Waals surface area contributed by atoms with E-state index < -0.39 is 22.5 Å². The molecule has 2 aromatic rings. The van der Waals surface area contributed by atoms with Gasteiger partial charge in [-0.25, -0.2) is 8.42 Å². The number of hydrogen-bond donors (Lipinski definition) is 0. The van der Waals surface area contributed by atoms with Gasteiger partial charge in [-0.2, -0.15) is 9.57 Å². The lowest BCUT2D eigenvalue weighted by Crippen LogP contribution is -2.36. The predicted molar refractivity (Wildman–Crippen MR) is 91.8 cm³/mol. The van der Waals surface area contributed by atoms with Crippen molar-refractivity contribution in [3.05, 3.63) is 65.7 Å². The molecule has 0 fully saturated rings. The second kappa shape index (κ2) is 8.42. The molecule has 0 bridgehead atoms. The van der Waals surface area contributed by atoms with Crippen LogP contribution in [-0.4, -0.2) is 31.8 Å². The molecule has 0 heterocycles. The average molecular weight is 358 g/mol. The summed E-state index contributed by atoms with van der Waals surface area (Å²) >= 11 is 0. The van der Waals surface area contributed by atoms with Crippen LogP contribution in [0.3, 0.4) is 0 Å². The Morgan fingerprint density at radius 3 is 2.52 bits per heavy atom. The maximum absolute atomic E-state index is 13.0. The van der Waals surface area contributed by atoms with Crippen LogP contribution in [0.5, 0.6) is 0 Å². The summed E-state index contributed by atoms with van der Waals surface area (Å²) in [6.45, 7) is 1.45. The minimum Gasteiger partial charge on any atom is -0.465 e. The Hall–Kier alpha value is -2.69. The molecule has 0 amide bonds. The fourth-order valence-electron chi connectivity index (χ4n) is 2.24. The second-order valence-electron chi connectivity index (χ2n) is 5.20. The summed E-state index contributed by atoms with van der Waals surface area (Å²) in [5.74, 6) is -0.626. The van der Waals surface area contributed by atoms with Crippen molar-refractivity contribution in [1.29, 1.82) is 5.26 Å². The molecule has 25 heavy (non-hydrogen) atoms. The van der Waals surface area contributed by atoms with Gasteiger partial charge in [-0.3, -0.25) is 4.79 Å². The molecule has 0 aliphatic rings. The smallest absolute Gasteiger partial charge is 0.321 e. The van der Waals surface area contributed by atoms with E-state index in [0.717, 1.165) is 9.87 Å². The summed E-state index contributed by atoms with van der Waals surface area (Å²) in [5.41, 5.74) is 0.976. The topological polar surface area (TPSA) is 87.5 Å². The van der Waals surface area contributed by atoms with Crippen LogP contribution in [0.25, 0.3) is 0 Å². The lowest BCUT2D eigenvalue weighted by Gasteiger charge is -2.21. The minimum atomic E-state index is -3.96. The van der Waals surface area contributed by atoms with Crippen molar-refractivity contribution in [2.45, 2.75) is 18.4 Å². The molecule has 0 aromatic heterocycles. The van der Waals surface area contributed by atoms with Gasteiger partial charge in [0.1, 0.15) is 6.54 Å². The maximum atomic E-state index is 13.0. The van der Waals surface area contributed by atoms with Gasteiger partial charge in [0.05, 0.1) is 23.1 Å². The van der Waals surface area contributed by atoms with Gasteiger partial charge >= 0.3 is 5.97 Å². The van der Waals surface area contributed by atoms with Crippen LogP contribution in [0.2, 0.25) is 0 Å². The van der Waals surface area contributed by atoms with Crippen molar-refractivity contribution in [3.63, 3.8) is 0 Å². The van der Waals surface area contributed by atoms with E-state index in [0.29, 0.717) is 0 Å². The van der Waals surface area contributed by atoms with Crippen molar-refractivity contribution in [3.8, 4) is 6.07 Å². The second-order valence-corrected chi connectivity index (χ2v) is 7.14. The summed E-state index contributed by atoms with van der Waals surface area (Å²) in [6.07, 6.45) is 0. The minimum absolute atomic E-state index is 0.0266. The lowest BCUT2D eigenvalue weighted by molar-refractivity contribution is -0.143. The lowest BCUT2D eigenvalue weighted by atomic mass is 10.2. The standard InChI is InChI=1S/C18H18N2O4S/c1-2-24-18(21)14-20(13-15-7-4-3-5-8-15)25(22,23)17-10-6-9-16(11-17)12-19/h3-11H,2,13-14H2,1H3. The van der Waals surface area contributed by atoms with Gasteiger partial charge < -0.3 is 4.74 Å². The van der Waals surface area contributed by atoms with Crippen LogP contribution in [-0.2, 0) is 26.1 Å². The highest BCUT2D eigenvalue weighted by molar-refractivity contribution is 7.89. The highest BCUT2D eigenvalue weighted by atomic mass is 32.2. The van der Waals surface area contributed by atoms with Crippen LogP contribution in [0.15, 0.2) is 59.5 Å². The van der Waals surface area contributed by atoms with Crippen molar-refractivity contribution in [2.75, 3.05) is 13.2 Å². The van der Waals surface area contributed by atoms with Crippen LogP contribution >= 0.6 is 0 Å². The number of rotatable bonds is 7. The van der Waals surface area contributed by atoms with Crippen LogP contribution in [0, 0.1) is 11.3 Å². The van der Waals surface area contributed by atoms with Gasteiger partial charge in [0.15, 0.2) is 0 Å². The largest absolute Gasteiger partial charge is 0.465 e. The molecule has 0 radical (unpaired) electrons. The van der Waals surface area contributed by atoms with E-state index in [4.69, 9.17) is 10.00 Å². The van der Waals surface area contributed by atoms with Gasteiger partial charge in [-0.05, 0) is 30.7 Å². The van der Waals surface area contributed by atoms with Crippen LogP contribution < -0.4 is 0 Å². The number of carbonyl (C=O) groups excluding carboxylic acids is 1. The molecule has 2 aromatic carbocycles. The Labute approximate surface area is 147 Å². The summed E-state index contributed by atoms with van der Waals surface area (Å²) < 4.78 is 31.8. The van der Waals surface area contributed by atoms with E-state index in [1.165, 1.54) is 24.3 Å². The molecule has 0 unspecified atom stereocenters. The third-order valence-corrected chi connectivity index (χ3v) is 5.20. The highest BCUT2D eigenvalue weighted by Crippen LogP contribution is 2.19. The highest BCUT2D eigenvalue weighted by Gasteiger charge is 2.27. The van der Waals surface area contributed by atoms with Crippen molar-refractivity contribution < 1.29 is 17.9 Å². The monoisotopic (exact) mass is 358 g/mol. The molecule has 0 aliphatic heterocycles. The fraction of sp³-hybridized carbons (Fsp3) is 0.222. The molecular weight excluding hydrogens is 340 g/mol. The normalized spacial score (nSPS) is 11.1.